The van der Waals surface area contributed by atoms with E-state index in [1.807, 2.05) is 6.07 Å². The van der Waals surface area contributed by atoms with Gasteiger partial charge in [0.2, 0.25) is 0 Å². The number of phenolic OH excluding ortho intramolecular Hbond substituents is 1. The van der Waals surface area contributed by atoms with Crippen molar-refractivity contribution in [3.05, 3.63) is 53.6 Å². The van der Waals surface area contributed by atoms with E-state index in [-0.39, 0.29) is 57.7 Å². The van der Waals surface area contributed by atoms with Crippen LogP contribution in [0.15, 0.2) is 36.4 Å². The van der Waals surface area contributed by atoms with Crippen LogP contribution in [0.5, 0.6) is 11.8 Å². The molecule has 0 amide bonds. The summed E-state index contributed by atoms with van der Waals surface area (Å²) in [6.07, 6.45) is 14.8. The number of fused-ring (bicyclic) bond motifs is 5. The summed E-state index contributed by atoms with van der Waals surface area (Å²) >= 11 is 0. The van der Waals surface area contributed by atoms with Crippen LogP contribution in [0.2, 0.25) is 0 Å². The van der Waals surface area contributed by atoms with Gasteiger partial charge < -0.3 is 25.2 Å². The summed E-state index contributed by atoms with van der Waals surface area (Å²) in [6.45, 7) is 4.15. The number of terminal acetylenes is 1. The summed E-state index contributed by atoms with van der Waals surface area (Å²) in [4.78, 5) is 14.5. The summed E-state index contributed by atoms with van der Waals surface area (Å²) in [5.41, 5.74) is 0.398. The molecule has 4 saturated heterocycles. The van der Waals surface area contributed by atoms with Gasteiger partial charge in [0.25, 0.3) is 0 Å². The van der Waals surface area contributed by atoms with Gasteiger partial charge in [-0.3, -0.25) is 4.90 Å². The Kier molecular flexibility index (Phi) is 7.90. The lowest BCUT2D eigenvalue weighted by molar-refractivity contribution is 0.108. The summed E-state index contributed by atoms with van der Waals surface area (Å²) in [7, 11) is 0. The van der Waals surface area contributed by atoms with E-state index < -0.39 is 11.6 Å². The molecule has 250 valence electrons. The molecule has 8 nitrogen and oxygen atoms in total. The average molecular weight is 654 g/mol. The number of aromatic hydroxyl groups is 1. The smallest absolute Gasteiger partial charge is 0.319 e. The monoisotopic (exact) mass is 653 g/mol. The van der Waals surface area contributed by atoms with Crippen molar-refractivity contribution in [3.63, 3.8) is 0 Å². The minimum absolute atomic E-state index is 0.00845. The number of hydrogen-bond acceptors (Lipinski definition) is 8. The largest absolute Gasteiger partial charge is 0.508 e. The second kappa shape index (κ2) is 12.1. The number of rotatable bonds is 9. The zero-order valence-corrected chi connectivity index (χ0v) is 27.1. The standard InChI is InChI=1S/C38H41F2N5O3/c1-2-27-31(39)10-7-24-19-26(47)20-30(32(24)27)28-8-9-29-34(33(28)40)41-36(48-23-38-13-5-16-45(38)17-6-14-38)42-35(29)44-21-25-11-15-37(22-44,43-25)12-3-4-18-46/h1,7-10,19-20,25,43,46-47H,3-6,11-18,21-23H2. The molecule has 2 bridgehead atoms. The number of aromatic nitrogens is 2. The van der Waals surface area contributed by atoms with Crippen LogP contribution < -0.4 is 15.0 Å². The molecule has 1 aromatic heterocycles. The SMILES string of the molecule is C#Cc1c(F)ccc2cc(O)cc(-c3ccc4c(N5CC6CCC(CCCCO)(C5)N6)nc(OCC56CCCN5CCC6)nc4c3F)c12. The quantitative estimate of drug-likeness (QED) is 0.152. The molecule has 8 rings (SSSR count). The van der Waals surface area contributed by atoms with Crippen LogP contribution >= 0.6 is 0 Å². The van der Waals surface area contributed by atoms with E-state index in [4.69, 9.17) is 21.1 Å². The van der Waals surface area contributed by atoms with Gasteiger partial charge in [0.05, 0.1) is 11.1 Å². The lowest BCUT2D eigenvalue weighted by Gasteiger charge is -2.42. The van der Waals surface area contributed by atoms with Crippen LogP contribution in [0.25, 0.3) is 32.8 Å². The molecule has 0 aliphatic carbocycles. The molecular weight excluding hydrogens is 612 g/mol. The van der Waals surface area contributed by atoms with E-state index in [0.29, 0.717) is 35.1 Å². The van der Waals surface area contributed by atoms with Gasteiger partial charge in [-0.1, -0.05) is 18.1 Å². The van der Waals surface area contributed by atoms with Crippen molar-refractivity contribution < 1.29 is 23.7 Å². The van der Waals surface area contributed by atoms with Crippen LogP contribution in [0, 0.1) is 24.0 Å². The van der Waals surface area contributed by atoms with Gasteiger partial charge in [0.15, 0.2) is 5.82 Å². The number of hydrogen-bond donors (Lipinski definition) is 3. The normalized spacial score (nSPS) is 23.2. The summed E-state index contributed by atoms with van der Waals surface area (Å²) < 4.78 is 38.4. The third-order valence-electron chi connectivity index (χ3n) is 11.3. The molecular formula is C38H41F2N5O3. The van der Waals surface area contributed by atoms with Crippen LogP contribution in [0.3, 0.4) is 0 Å². The predicted molar refractivity (Wildman–Crippen MR) is 182 cm³/mol. The van der Waals surface area contributed by atoms with Crippen LogP contribution in [-0.2, 0) is 0 Å². The van der Waals surface area contributed by atoms with Gasteiger partial charge in [0, 0.05) is 47.6 Å². The second-order valence-electron chi connectivity index (χ2n) is 14.2. The molecule has 2 unspecified atom stereocenters. The number of anilines is 1. The molecule has 5 heterocycles. The number of nitrogens with one attached hydrogen (secondary N) is 1. The lowest BCUT2D eigenvalue weighted by atomic mass is 9.90. The summed E-state index contributed by atoms with van der Waals surface area (Å²) in [6, 6.07) is 9.57. The van der Waals surface area contributed by atoms with Crippen LogP contribution in [0.4, 0.5) is 14.6 Å². The number of nitrogens with zero attached hydrogens (tertiary/aromatic N) is 4. The van der Waals surface area contributed by atoms with Gasteiger partial charge in [-0.25, -0.2) is 8.78 Å². The van der Waals surface area contributed by atoms with Crippen molar-refractivity contribution in [2.45, 2.75) is 74.9 Å². The summed E-state index contributed by atoms with van der Waals surface area (Å²) in [5.74, 6) is 1.77. The van der Waals surface area contributed by atoms with Gasteiger partial charge in [-0.2, -0.15) is 9.97 Å². The third-order valence-corrected chi connectivity index (χ3v) is 11.3. The van der Waals surface area contributed by atoms with E-state index >= 15 is 4.39 Å². The highest BCUT2D eigenvalue weighted by Crippen LogP contribution is 2.43. The topological polar surface area (TPSA) is 94.0 Å². The van der Waals surface area contributed by atoms with Crippen molar-refractivity contribution in [2.24, 2.45) is 0 Å². The first kappa shape index (κ1) is 31.2. The minimum atomic E-state index is -0.613. The number of aliphatic hydroxyl groups is 1. The molecule has 0 spiro atoms. The fraction of sp³-hybridized carbons (Fsp3) is 0.474. The minimum Gasteiger partial charge on any atom is -0.508 e. The van der Waals surface area contributed by atoms with Crippen LogP contribution in [-0.4, -0.2) is 81.6 Å². The highest BCUT2D eigenvalue weighted by molar-refractivity contribution is 6.04. The maximum Gasteiger partial charge on any atom is 0.319 e. The van der Waals surface area contributed by atoms with Gasteiger partial charge in [-0.15, -0.1) is 6.42 Å². The van der Waals surface area contributed by atoms with Crippen molar-refractivity contribution in [3.8, 4) is 35.2 Å². The highest BCUT2D eigenvalue weighted by atomic mass is 19.1. The number of aliphatic hydroxyl groups excluding tert-OH is 1. The zero-order valence-electron chi connectivity index (χ0n) is 27.1. The number of halogens is 2. The van der Waals surface area contributed by atoms with Gasteiger partial charge in [0.1, 0.15) is 29.5 Å². The first-order valence-corrected chi connectivity index (χ1v) is 17.3. The Balaban J connectivity index is 1.26. The Labute approximate surface area is 279 Å². The first-order valence-electron chi connectivity index (χ1n) is 17.3. The number of benzene rings is 3. The summed E-state index contributed by atoms with van der Waals surface area (Å²) in [5, 5.41) is 25.3. The highest BCUT2D eigenvalue weighted by Gasteiger charge is 2.46. The number of phenols is 1. The number of ether oxygens (including phenoxy) is 1. The Hall–Kier alpha value is -4.04. The Morgan fingerprint density at radius 2 is 1.88 bits per heavy atom. The van der Waals surface area contributed by atoms with E-state index in [0.717, 1.165) is 77.4 Å². The van der Waals surface area contributed by atoms with E-state index in [2.05, 4.69) is 21.0 Å². The van der Waals surface area contributed by atoms with Crippen molar-refractivity contribution in [1.29, 1.82) is 0 Å². The number of piperazine rings is 1. The van der Waals surface area contributed by atoms with Crippen LogP contribution in [0.1, 0.15) is 63.4 Å². The maximum atomic E-state index is 17.0. The van der Waals surface area contributed by atoms with Gasteiger partial charge in [-0.05, 0) is 106 Å². The maximum absolute atomic E-state index is 17.0. The fourth-order valence-corrected chi connectivity index (χ4v) is 9.08. The molecule has 4 aliphatic rings. The molecule has 3 aromatic carbocycles. The number of unbranched alkanes of at least 4 members (excludes halogenated alkanes) is 1. The molecule has 4 fully saturated rings. The molecule has 4 aromatic rings. The molecule has 0 saturated carbocycles. The Morgan fingerprint density at radius 1 is 1.04 bits per heavy atom. The lowest BCUT2D eigenvalue weighted by Crippen LogP contribution is -2.59. The van der Waals surface area contributed by atoms with Crippen molar-refractivity contribution in [1.82, 2.24) is 20.2 Å². The van der Waals surface area contributed by atoms with E-state index in [1.165, 1.54) is 24.3 Å². The average Bonchev–Trinajstić information content (AvgIpc) is 3.76. The van der Waals surface area contributed by atoms with Crippen molar-refractivity contribution >= 4 is 27.5 Å². The molecule has 2 atom stereocenters. The molecule has 3 N–H and O–H groups in total. The first-order chi connectivity index (χ1) is 23.3. The van der Waals surface area contributed by atoms with E-state index in [1.54, 1.807) is 6.07 Å². The fourth-order valence-electron chi connectivity index (χ4n) is 9.08. The third kappa shape index (κ3) is 5.24. The Morgan fingerprint density at radius 3 is 2.67 bits per heavy atom. The van der Waals surface area contributed by atoms with Crippen molar-refractivity contribution in [2.75, 3.05) is 44.3 Å². The van der Waals surface area contributed by atoms with E-state index in [9.17, 15) is 14.6 Å². The predicted octanol–water partition coefficient (Wildman–Crippen LogP) is 5.90. The molecule has 10 heteroatoms. The molecule has 4 aliphatic heterocycles. The zero-order chi connectivity index (χ0) is 33.0. The molecule has 48 heavy (non-hydrogen) atoms. The Bertz CT molecular complexity index is 1940. The second-order valence-corrected chi connectivity index (χ2v) is 14.2. The van der Waals surface area contributed by atoms with Gasteiger partial charge >= 0.3 is 6.01 Å². The molecule has 0 radical (unpaired) electrons.